The first-order valence-corrected chi connectivity index (χ1v) is 19.3. The summed E-state index contributed by atoms with van der Waals surface area (Å²) in [6, 6.07) is 11.6. The van der Waals surface area contributed by atoms with Gasteiger partial charge in [-0.2, -0.15) is 0 Å². The molecule has 1 N–H and O–H groups in total. The summed E-state index contributed by atoms with van der Waals surface area (Å²) in [5, 5.41) is 4.41. The van der Waals surface area contributed by atoms with E-state index < -0.39 is 21.7 Å². The third-order valence-electron chi connectivity index (χ3n) is 10.7. The molecular weight excluding hydrogens is 664 g/mol. The average Bonchev–Trinajstić information content (AvgIpc) is 3.55. The van der Waals surface area contributed by atoms with Crippen LogP contribution in [0, 0.1) is 11.8 Å². The van der Waals surface area contributed by atoms with Crippen LogP contribution in [0.3, 0.4) is 0 Å². The van der Waals surface area contributed by atoms with Gasteiger partial charge in [0.1, 0.15) is 21.9 Å². The molecule has 2 aromatic carbocycles. The fourth-order valence-corrected chi connectivity index (χ4v) is 9.77. The van der Waals surface area contributed by atoms with Crippen LogP contribution in [0.5, 0.6) is 5.75 Å². The average molecular weight is 707 g/mol. The molecule has 49 heavy (non-hydrogen) atoms. The van der Waals surface area contributed by atoms with Gasteiger partial charge in [-0.15, -0.1) is 4.36 Å². The number of fused-ring (bicyclic) bond motifs is 4. The van der Waals surface area contributed by atoms with Crippen molar-refractivity contribution in [2.24, 2.45) is 16.2 Å². The molecule has 1 aromatic heterocycles. The number of hydrogen-bond donors (Lipinski definition) is 1. The van der Waals surface area contributed by atoms with Crippen LogP contribution in [0.15, 0.2) is 69.9 Å². The first-order valence-electron chi connectivity index (χ1n) is 17.2. The lowest BCUT2D eigenvalue weighted by atomic mass is 9.68. The van der Waals surface area contributed by atoms with E-state index >= 15 is 0 Å². The normalized spacial score (nSPS) is 29.0. The third-order valence-corrected chi connectivity index (χ3v) is 12.7. The second kappa shape index (κ2) is 14.3. The van der Waals surface area contributed by atoms with E-state index in [0.29, 0.717) is 49.0 Å². The largest absolute Gasteiger partial charge is 0.490 e. The van der Waals surface area contributed by atoms with Crippen LogP contribution in [0.2, 0.25) is 5.02 Å². The van der Waals surface area contributed by atoms with Gasteiger partial charge in [0.15, 0.2) is 0 Å². The van der Waals surface area contributed by atoms with Gasteiger partial charge in [0.05, 0.1) is 30.3 Å². The summed E-state index contributed by atoms with van der Waals surface area (Å²) in [4.78, 5) is 29.2. The number of ether oxygens (including phenoxy) is 2. The zero-order chi connectivity index (χ0) is 34.0. The summed E-state index contributed by atoms with van der Waals surface area (Å²) in [5.74, 6) is 0.407. The lowest BCUT2D eigenvalue weighted by Gasteiger charge is -2.46. The van der Waals surface area contributed by atoms with Crippen LogP contribution >= 0.6 is 11.6 Å². The van der Waals surface area contributed by atoms with Crippen molar-refractivity contribution in [2.45, 2.75) is 69.3 Å². The Labute approximate surface area is 292 Å². The Hall–Kier alpha value is -3.67. The summed E-state index contributed by atoms with van der Waals surface area (Å²) in [7, 11) is -1.66. The van der Waals surface area contributed by atoms with Gasteiger partial charge < -0.3 is 18.9 Å². The highest BCUT2D eigenvalue weighted by molar-refractivity contribution is 7.92. The van der Waals surface area contributed by atoms with Crippen molar-refractivity contribution >= 4 is 39.0 Å². The van der Waals surface area contributed by atoms with Crippen LogP contribution in [-0.4, -0.2) is 59.8 Å². The van der Waals surface area contributed by atoms with Crippen molar-refractivity contribution in [3.05, 3.63) is 88.3 Å². The van der Waals surface area contributed by atoms with Gasteiger partial charge in [-0.1, -0.05) is 35.0 Å². The number of halogens is 1. The molecule has 10 nitrogen and oxygen atoms in total. The molecule has 260 valence electrons. The van der Waals surface area contributed by atoms with Crippen LogP contribution in [0.4, 0.5) is 5.69 Å². The number of methoxy groups -OCH3 is 1. The van der Waals surface area contributed by atoms with Crippen LogP contribution < -0.4 is 14.4 Å². The molecule has 1 fully saturated rings. The molecule has 3 aromatic rings. The molecule has 1 saturated carbocycles. The molecule has 0 radical (unpaired) electrons. The van der Waals surface area contributed by atoms with Crippen molar-refractivity contribution in [3.63, 3.8) is 0 Å². The highest BCUT2D eigenvalue weighted by atomic mass is 35.5. The molecule has 2 aliphatic carbocycles. The van der Waals surface area contributed by atoms with E-state index in [0.717, 1.165) is 61.5 Å². The van der Waals surface area contributed by atoms with E-state index in [1.807, 2.05) is 18.2 Å². The highest BCUT2D eigenvalue weighted by Crippen LogP contribution is 2.47. The number of allylic oxidation sites excluding steroid dienone is 1. The minimum Gasteiger partial charge on any atom is -0.490 e. The number of aromatic nitrogens is 1. The Bertz CT molecular complexity index is 1850. The number of carbonyl (C=O) groups is 2. The fraction of sp³-hybridized carbons (Fsp3) is 0.486. The van der Waals surface area contributed by atoms with Crippen molar-refractivity contribution in [2.75, 3.05) is 37.5 Å². The highest BCUT2D eigenvalue weighted by Gasteiger charge is 2.44. The molecule has 2 amide bonds. The van der Waals surface area contributed by atoms with E-state index in [1.165, 1.54) is 23.6 Å². The number of hydrogen-bond acceptors (Lipinski definition) is 8. The SMILES string of the molecule is CO[C@H]1/C=C\CCCS(=O)(NC(=O)CCc2cnoc2)=NC(=O)c2ccc3c(c2)N(C[C@@H]2CC[C@H]21)C[C@@]1(CCCc2cc(Cl)ccc21)CO3. The van der Waals surface area contributed by atoms with Gasteiger partial charge in [0, 0.05) is 48.2 Å². The summed E-state index contributed by atoms with van der Waals surface area (Å²) < 4.78 is 38.5. The molecule has 0 saturated heterocycles. The molecule has 1 unspecified atom stereocenters. The first kappa shape index (κ1) is 33.8. The predicted molar refractivity (Wildman–Crippen MR) is 188 cm³/mol. The Balaban J connectivity index is 1.25. The molecule has 2 aliphatic heterocycles. The maximum atomic E-state index is 14.2. The monoisotopic (exact) mass is 706 g/mol. The number of rotatable bonds is 5. The topological polar surface area (TPSA) is 123 Å². The number of nitrogens with zero attached hydrogens (tertiary/aromatic N) is 3. The Morgan fingerprint density at radius 3 is 2.90 bits per heavy atom. The molecule has 1 spiro atoms. The van der Waals surface area contributed by atoms with Crippen LogP contribution in [0.25, 0.3) is 0 Å². The molecule has 4 aliphatic rings. The van der Waals surface area contributed by atoms with Gasteiger partial charge in [-0.05, 0) is 105 Å². The van der Waals surface area contributed by atoms with Crippen molar-refractivity contribution < 1.29 is 27.8 Å². The second-order valence-electron chi connectivity index (χ2n) is 13.9. The number of anilines is 1. The van der Waals surface area contributed by atoms with Crippen LogP contribution in [-0.2, 0) is 37.7 Å². The van der Waals surface area contributed by atoms with Crippen LogP contribution in [0.1, 0.15) is 72.0 Å². The van der Waals surface area contributed by atoms with Gasteiger partial charge in [-0.25, -0.2) is 4.21 Å². The summed E-state index contributed by atoms with van der Waals surface area (Å²) in [5.41, 5.74) is 4.17. The number of aryl methyl sites for hydroxylation is 2. The van der Waals surface area contributed by atoms with E-state index in [2.05, 4.69) is 43.4 Å². The summed E-state index contributed by atoms with van der Waals surface area (Å²) in [6.07, 6.45) is 13.8. The lowest BCUT2D eigenvalue weighted by Crippen LogP contribution is -2.49. The number of nitrogens with one attached hydrogen (secondary N) is 1. The molecule has 2 bridgehead atoms. The quantitative estimate of drug-likeness (QED) is 0.300. The number of amides is 2. The lowest BCUT2D eigenvalue weighted by molar-refractivity contribution is -0.119. The maximum absolute atomic E-state index is 14.2. The van der Waals surface area contributed by atoms with Crippen molar-refractivity contribution in [3.8, 4) is 5.75 Å². The molecule has 5 atom stereocenters. The Morgan fingerprint density at radius 1 is 1.20 bits per heavy atom. The number of benzene rings is 2. The minimum absolute atomic E-state index is 0.0396. The van der Waals surface area contributed by atoms with E-state index in [9.17, 15) is 13.8 Å². The molecule has 12 heteroatoms. The van der Waals surface area contributed by atoms with Gasteiger partial charge in [0.25, 0.3) is 5.91 Å². The van der Waals surface area contributed by atoms with E-state index in [1.54, 1.807) is 13.2 Å². The molecule has 7 rings (SSSR count). The van der Waals surface area contributed by atoms with Gasteiger partial charge >= 0.3 is 0 Å². The van der Waals surface area contributed by atoms with E-state index in [-0.39, 0.29) is 23.7 Å². The van der Waals surface area contributed by atoms with Crippen molar-refractivity contribution in [1.82, 2.24) is 9.88 Å². The second-order valence-corrected chi connectivity index (χ2v) is 16.4. The van der Waals surface area contributed by atoms with Crippen molar-refractivity contribution in [1.29, 1.82) is 0 Å². The standard InChI is InChI=1S/C37H43ClN4O6S/c1-46-33-7-3-2-4-17-49(45,40-35(43)15-8-25-20-39-48-22-25)41-36(44)27-10-14-34-32(19-27)42(21-28-9-12-30(28)33)23-37(24-47-34)16-5-6-26-18-29(38)11-13-31(26)37/h3,7,10-11,13-14,18-20,22,28,30,33H,2,4-6,8-9,12,15-17,21,23-24H2,1H3,(H,40,41,43,44,45)/b7-3-/t28-,30+,33-,37-,49?/m0/s1. The Kier molecular flexibility index (Phi) is 9.86. The zero-order valence-corrected chi connectivity index (χ0v) is 29.3. The maximum Gasteiger partial charge on any atom is 0.286 e. The van der Waals surface area contributed by atoms with Gasteiger partial charge in [0.2, 0.25) is 5.91 Å². The first-order chi connectivity index (χ1) is 23.7. The third kappa shape index (κ3) is 7.30. The van der Waals surface area contributed by atoms with Gasteiger partial charge in [-0.3, -0.25) is 14.3 Å². The fourth-order valence-electron chi connectivity index (χ4n) is 7.95. The number of carbonyl (C=O) groups excluding carboxylic acids is 2. The minimum atomic E-state index is -3.42. The molecular formula is C37H43ClN4O6S. The zero-order valence-electron chi connectivity index (χ0n) is 27.8. The summed E-state index contributed by atoms with van der Waals surface area (Å²) >= 11 is 6.44. The van der Waals surface area contributed by atoms with E-state index in [4.69, 9.17) is 25.6 Å². The smallest absolute Gasteiger partial charge is 0.286 e. The molecule has 3 heterocycles. The summed E-state index contributed by atoms with van der Waals surface area (Å²) in [6.45, 7) is 2.02. The Morgan fingerprint density at radius 2 is 2.10 bits per heavy atom. The predicted octanol–water partition coefficient (Wildman–Crippen LogP) is 6.46.